The van der Waals surface area contributed by atoms with Crippen LogP contribution in [0.15, 0.2) is 24.3 Å². The number of rotatable bonds is 18. The summed E-state index contributed by atoms with van der Waals surface area (Å²) in [6, 6.07) is 0. The zero-order chi connectivity index (χ0) is 45.2. The molecule has 0 aliphatic carbocycles. The highest BCUT2D eigenvalue weighted by molar-refractivity contribution is 5.91. The summed E-state index contributed by atoms with van der Waals surface area (Å²) in [6.07, 6.45) is -2.90. The van der Waals surface area contributed by atoms with Gasteiger partial charge in [0.05, 0.1) is 50.1 Å². The van der Waals surface area contributed by atoms with Crippen molar-refractivity contribution in [2.45, 2.75) is 104 Å². The highest BCUT2D eigenvalue weighted by Gasteiger charge is 2.54. The lowest BCUT2D eigenvalue weighted by Crippen LogP contribution is -2.43. The first kappa shape index (κ1) is 49.4. The highest BCUT2D eigenvalue weighted by Crippen LogP contribution is 2.36. The quantitative estimate of drug-likeness (QED) is 0.0867. The van der Waals surface area contributed by atoms with Gasteiger partial charge < -0.3 is 58.3 Å². The number of hydrogen-bond donors (Lipinski definition) is 4. The minimum Gasteiger partial charge on any atom is -0.481 e. The Morgan fingerprint density at radius 2 is 0.667 bits per heavy atom. The first-order valence-electron chi connectivity index (χ1n) is 19.6. The average molecular weight is 857 g/mol. The Bertz CT molecular complexity index is 1510. The SMILES string of the molecule is CC(C)C(C(=O)O)C(C(=O)O[C@H]1CO[C@H]2[C@@H]1OC[C@H]2OC(=O)C(C(C)C)C(C(=O)O)C(C)C)C(C)C.O=C(O)C=CC(=O)O[C@H]1CO[C@H]2[C@@H]1OC[C@H]2OC(=O)C=CC(=O)O. The van der Waals surface area contributed by atoms with Crippen molar-refractivity contribution in [3.05, 3.63) is 24.3 Å². The summed E-state index contributed by atoms with van der Waals surface area (Å²) in [4.78, 5) is 93.4. The maximum absolute atomic E-state index is 13.1. The predicted molar refractivity (Wildman–Crippen MR) is 201 cm³/mol. The van der Waals surface area contributed by atoms with Gasteiger partial charge in [-0.2, -0.15) is 0 Å². The maximum atomic E-state index is 13.1. The van der Waals surface area contributed by atoms with Gasteiger partial charge in [0.15, 0.2) is 24.4 Å². The first-order valence-corrected chi connectivity index (χ1v) is 19.6. The minimum atomic E-state index is -1.29. The molecule has 4 heterocycles. The van der Waals surface area contributed by atoms with Gasteiger partial charge in [-0.05, 0) is 23.7 Å². The summed E-state index contributed by atoms with van der Waals surface area (Å²) < 4.78 is 43.8. The van der Waals surface area contributed by atoms with E-state index in [0.29, 0.717) is 12.2 Å². The summed E-state index contributed by atoms with van der Waals surface area (Å²) in [6.45, 7) is 14.2. The normalized spacial score (nSPS) is 27.8. The zero-order valence-electron chi connectivity index (χ0n) is 34.7. The molecule has 336 valence electrons. The number of carboxylic acid groups (broad SMARTS) is 4. The van der Waals surface area contributed by atoms with Crippen molar-refractivity contribution in [2.24, 2.45) is 47.3 Å². The monoisotopic (exact) mass is 856 g/mol. The fourth-order valence-corrected chi connectivity index (χ4v) is 7.75. The van der Waals surface area contributed by atoms with E-state index < -0.39 is 120 Å². The lowest BCUT2D eigenvalue weighted by molar-refractivity contribution is -0.170. The van der Waals surface area contributed by atoms with E-state index >= 15 is 0 Å². The lowest BCUT2D eigenvalue weighted by Gasteiger charge is -2.30. The molecule has 4 fully saturated rings. The molecule has 20 heteroatoms. The van der Waals surface area contributed by atoms with E-state index in [1.807, 2.05) is 0 Å². The van der Waals surface area contributed by atoms with Crippen LogP contribution in [0.4, 0.5) is 0 Å². The molecule has 20 nitrogen and oxygen atoms in total. The van der Waals surface area contributed by atoms with Crippen molar-refractivity contribution >= 4 is 47.8 Å². The largest absolute Gasteiger partial charge is 0.481 e. The molecule has 4 rings (SSSR count). The van der Waals surface area contributed by atoms with Crippen molar-refractivity contribution in [3.63, 3.8) is 0 Å². The fraction of sp³-hybridized carbons (Fsp3) is 0.700. The number of carbonyl (C=O) groups excluding carboxylic acids is 4. The van der Waals surface area contributed by atoms with E-state index in [2.05, 4.69) is 0 Å². The summed E-state index contributed by atoms with van der Waals surface area (Å²) >= 11 is 0. The molecule has 4 unspecified atom stereocenters. The topological polar surface area (TPSA) is 291 Å². The number of esters is 4. The van der Waals surface area contributed by atoms with Gasteiger partial charge in [0.25, 0.3) is 0 Å². The van der Waals surface area contributed by atoms with Gasteiger partial charge in [-0.15, -0.1) is 0 Å². The summed E-state index contributed by atoms with van der Waals surface area (Å²) in [7, 11) is 0. The maximum Gasteiger partial charge on any atom is 0.331 e. The molecule has 4 aliphatic rings. The van der Waals surface area contributed by atoms with Crippen LogP contribution >= 0.6 is 0 Å². The van der Waals surface area contributed by atoms with E-state index in [0.717, 1.165) is 12.2 Å². The van der Waals surface area contributed by atoms with Gasteiger partial charge >= 0.3 is 47.8 Å². The molecule has 4 aliphatic heterocycles. The smallest absolute Gasteiger partial charge is 0.331 e. The second-order valence-corrected chi connectivity index (χ2v) is 16.2. The van der Waals surface area contributed by atoms with Crippen LogP contribution < -0.4 is 0 Å². The Balaban J connectivity index is 0.000000347. The molecular weight excluding hydrogens is 800 g/mol. The Morgan fingerprint density at radius 3 is 0.883 bits per heavy atom. The highest BCUT2D eigenvalue weighted by atomic mass is 16.7. The second kappa shape index (κ2) is 22.1. The van der Waals surface area contributed by atoms with Crippen LogP contribution in [0.25, 0.3) is 0 Å². The molecule has 0 amide bonds. The van der Waals surface area contributed by atoms with Gasteiger partial charge in [0.2, 0.25) is 0 Å². The lowest BCUT2D eigenvalue weighted by atomic mass is 9.77. The number of carbonyl (C=O) groups is 8. The Kier molecular flexibility index (Phi) is 18.2. The van der Waals surface area contributed by atoms with Crippen molar-refractivity contribution in [2.75, 3.05) is 26.4 Å². The minimum absolute atomic E-state index is 0.000993. The van der Waals surface area contributed by atoms with Gasteiger partial charge in [-0.1, -0.05) is 55.4 Å². The number of ether oxygens (including phenoxy) is 8. The van der Waals surface area contributed by atoms with Crippen LogP contribution in [-0.4, -0.2) is 143 Å². The van der Waals surface area contributed by atoms with E-state index in [9.17, 15) is 48.6 Å². The molecule has 0 spiro atoms. The van der Waals surface area contributed by atoms with Crippen LogP contribution in [0.1, 0.15) is 55.4 Å². The van der Waals surface area contributed by atoms with Crippen molar-refractivity contribution < 1.29 is 96.7 Å². The molecule has 0 saturated carbocycles. The van der Waals surface area contributed by atoms with Crippen molar-refractivity contribution in [3.8, 4) is 0 Å². The molecule has 0 aromatic carbocycles. The standard InChI is InChI=1S/C26H42O10.C14H14O10/c1-11(2)17(23(27)28)19(13(5)6)25(31)35-15-9-33-22-16(10-34-21(15)22)36-26(32)20(14(7)8)18(12(3)4)24(29)30;15-9(16)1-3-11(19)23-7-5-21-14-8(6-22-13(7)14)24-12(20)4-2-10(17)18/h11-22H,9-10H2,1-8H3,(H,27,28)(H,29,30);1-4,7-8,13-14H,5-6H2,(H,15,16)(H,17,18)/t15-,16+,17?,18?,19?,20?,21-,22-;7-,8+,13-,14-/m11/s1. The third-order valence-corrected chi connectivity index (χ3v) is 10.5. The number of aliphatic carboxylic acids is 4. The zero-order valence-corrected chi connectivity index (χ0v) is 34.7. The molecule has 4 saturated heterocycles. The summed E-state index contributed by atoms with van der Waals surface area (Å²) in [5.41, 5.74) is 0. The van der Waals surface area contributed by atoms with Gasteiger partial charge in [-0.25, -0.2) is 19.2 Å². The van der Waals surface area contributed by atoms with E-state index in [4.69, 9.17) is 48.1 Å². The first-order chi connectivity index (χ1) is 28.0. The Morgan fingerprint density at radius 1 is 0.417 bits per heavy atom. The van der Waals surface area contributed by atoms with E-state index in [1.54, 1.807) is 55.4 Å². The van der Waals surface area contributed by atoms with Gasteiger partial charge in [0, 0.05) is 24.3 Å². The molecule has 12 atom stereocenters. The molecule has 0 aromatic heterocycles. The molecule has 0 aromatic rings. The van der Waals surface area contributed by atoms with E-state index in [-0.39, 0.29) is 50.1 Å². The van der Waals surface area contributed by atoms with Crippen LogP contribution in [0.5, 0.6) is 0 Å². The Labute approximate surface area is 346 Å². The number of hydrogen-bond acceptors (Lipinski definition) is 16. The average Bonchev–Trinajstić information content (AvgIpc) is 3.92. The number of carboxylic acids is 4. The summed E-state index contributed by atoms with van der Waals surface area (Å²) in [5, 5.41) is 36.3. The number of fused-ring (bicyclic) bond motifs is 2. The van der Waals surface area contributed by atoms with Crippen molar-refractivity contribution in [1.29, 1.82) is 0 Å². The third-order valence-electron chi connectivity index (χ3n) is 10.5. The van der Waals surface area contributed by atoms with Crippen LogP contribution in [0.2, 0.25) is 0 Å². The molecule has 60 heavy (non-hydrogen) atoms. The Hall–Kier alpha value is -4.92. The summed E-state index contributed by atoms with van der Waals surface area (Å²) in [5.74, 6) is -12.2. The van der Waals surface area contributed by atoms with Crippen LogP contribution in [0, 0.1) is 47.3 Å². The van der Waals surface area contributed by atoms with Gasteiger partial charge in [0.1, 0.15) is 24.4 Å². The van der Waals surface area contributed by atoms with Gasteiger partial charge in [-0.3, -0.25) is 19.2 Å². The fourth-order valence-electron chi connectivity index (χ4n) is 7.75. The van der Waals surface area contributed by atoms with E-state index in [1.165, 1.54) is 0 Å². The second-order valence-electron chi connectivity index (χ2n) is 16.2. The predicted octanol–water partition coefficient (Wildman–Crippen LogP) is 1.75. The van der Waals surface area contributed by atoms with Crippen LogP contribution in [-0.2, 0) is 76.3 Å². The molecule has 4 N–H and O–H groups in total. The third kappa shape index (κ3) is 13.0. The van der Waals surface area contributed by atoms with Crippen LogP contribution in [0.3, 0.4) is 0 Å². The molecule has 0 bridgehead atoms. The molecular formula is C40H56O20. The molecule has 0 radical (unpaired) electrons. The van der Waals surface area contributed by atoms with Crippen molar-refractivity contribution in [1.82, 2.24) is 0 Å².